The van der Waals surface area contributed by atoms with Crippen molar-refractivity contribution in [3.05, 3.63) is 88.6 Å². The molecule has 4 nitrogen and oxygen atoms in total. The van der Waals surface area contributed by atoms with Crippen LogP contribution in [0.4, 0.5) is 5.69 Å². The molecule has 0 N–H and O–H groups in total. The van der Waals surface area contributed by atoms with Crippen molar-refractivity contribution < 1.29 is 9.53 Å². The number of nitrogens with zero attached hydrogens (tertiary/aromatic N) is 2. The van der Waals surface area contributed by atoms with E-state index >= 15 is 0 Å². The Kier molecular flexibility index (Phi) is 4.54. The van der Waals surface area contributed by atoms with E-state index in [4.69, 9.17) is 9.84 Å². The standard InChI is InChI=1S/C21H18N2O2S/c1-25-21(24)18-19(15-8-4-2-5-9-15)22-23(17-10-6-3-7-11-17)20(18)16-12-13-26-14-16/h2-14,18,20H,1H3. The quantitative estimate of drug-likeness (QED) is 0.642. The molecule has 5 heteroatoms. The first kappa shape index (κ1) is 16.5. The van der Waals surface area contributed by atoms with Crippen LogP contribution in [0.15, 0.2) is 82.6 Å². The summed E-state index contributed by atoms with van der Waals surface area (Å²) in [6.07, 6.45) is 0. The third kappa shape index (κ3) is 2.91. The van der Waals surface area contributed by atoms with E-state index in [1.54, 1.807) is 11.3 Å². The van der Waals surface area contributed by atoms with Crippen LogP contribution in [-0.4, -0.2) is 18.8 Å². The summed E-state index contributed by atoms with van der Waals surface area (Å²) in [4.78, 5) is 12.8. The SMILES string of the molecule is COC(=O)C1C(c2ccccc2)=NN(c2ccccc2)C1c1ccsc1. The monoisotopic (exact) mass is 362 g/mol. The van der Waals surface area contributed by atoms with E-state index in [-0.39, 0.29) is 12.0 Å². The molecule has 1 aliphatic heterocycles. The highest BCUT2D eigenvalue weighted by Gasteiger charge is 2.45. The fraction of sp³-hybridized carbons (Fsp3) is 0.143. The molecular formula is C21H18N2O2S. The van der Waals surface area contributed by atoms with Crippen molar-refractivity contribution in [2.24, 2.45) is 11.0 Å². The van der Waals surface area contributed by atoms with E-state index in [0.29, 0.717) is 0 Å². The van der Waals surface area contributed by atoms with Gasteiger partial charge < -0.3 is 4.74 Å². The number of hydrogen-bond donors (Lipinski definition) is 0. The van der Waals surface area contributed by atoms with Crippen molar-refractivity contribution in [3.8, 4) is 0 Å². The van der Waals surface area contributed by atoms with Gasteiger partial charge in [-0.2, -0.15) is 16.4 Å². The summed E-state index contributed by atoms with van der Waals surface area (Å²) in [5.41, 5.74) is 3.67. The van der Waals surface area contributed by atoms with Crippen LogP contribution in [-0.2, 0) is 9.53 Å². The predicted molar refractivity (Wildman–Crippen MR) is 104 cm³/mol. The normalized spacial score (nSPS) is 19.3. The van der Waals surface area contributed by atoms with Gasteiger partial charge in [-0.15, -0.1) is 0 Å². The van der Waals surface area contributed by atoms with Crippen LogP contribution in [0.1, 0.15) is 17.2 Å². The number of para-hydroxylation sites is 1. The average Bonchev–Trinajstić information content (AvgIpc) is 3.36. The topological polar surface area (TPSA) is 41.9 Å². The van der Waals surface area contributed by atoms with Crippen molar-refractivity contribution in [2.75, 3.05) is 12.1 Å². The van der Waals surface area contributed by atoms with Gasteiger partial charge in [-0.1, -0.05) is 48.5 Å². The zero-order chi connectivity index (χ0) is 17.9. The molecule has 0 saturated heterocycles. The van der Waals surface area contributed by atoms with E-state index in [9.17, 15) is 4.79 Å². The van der Waals surface area contributed by atoms with Gasteiger partial charge >= 0.3 is 5.97 Å². The molecule has 130 valence electrons. The van der Waals surface area contributed by atoms with Crippen LogP contribution in [0.2, 0.25) is 0 Å². The lowest BCUT2D eigenvalue weighted by Crippen LogP contribution is -2.32. The van der Waals surface area contributed by atoms with E-state index in [1.807, 2.05) is 77.1 Å². The van der Waals surface area contributed by atoms with Gasteiger partial charge in [0, 0.05) is 0 Å². The van der Waals surface area contributed by atoms with Crippen molar-refractivity contribution in [1.82, 2.24) is 0 Å². The van der Waals surface area contributed by atoms with Gasteiger partial charge in [-0.3, -0.25) is 9.80 Å². The third-order valence-corrected chi connectivity index (χ3v) is 5.22. The molecular weight excluding hydrogens is 344 g/mol. The molecule has 26 heavy (non-hydrogen) atoms. The van der Waals surface area contributed by atoms with E-state index in [1.165, 1.54) is 7.11 Å². The van der Waals surface area contributed by atoms with E-state index in [0.717, 1.165) is 22.5 Å². The van der Waals surface area contributed by atoms with Crippen molar-refractivity contribution in [1.29, 1.82) is 0 Å². The highest BCUT2D eigenvalue weighted by atomic mass is 32.1. The Morgan fingerprint density at radius 2 is 1.73 bits per heavy atom. The summed E-state index contributed by atoms with van der Waals surface area (Å²) in [7, 11) is 1.43. The maximum atomic E-state index is 12.8. The summed E-state index contributed by atoms with van der Waals surface area (Å²) >= 11 is 1.61. The third-order valence-electron chi connectivity index (χ3n) is 4.52. The van der Waals surface area contributed by atoms with Crippen LogP contribution in [0, 0.1) is 5.92 Å². The number of carbonyl (C=O) groups excluding carboxylic acids is 1. The summed E-state index contributed by atoms with van der Waals surface area (Å²) in [5.74, 6) is -0.764. The summed E-state index contributed by atoms with van der Waals surface area (Å²) in [5, 5.41) is 10.9. The van der Waals surface area contributed by atoms with Crippen LogP contribution in [0.5, 0.6) is 0 Å². The summed E-state index contributed by atoms with van der Waals surface area (Å²) in [6.45, 7) is 0. The number of hydrogen-bond acceptors (Lipinski definition) is 5. The molecule has 0 bridgehead atoms. The minimum atomic E-state index is -0.489. The number of carbonyl (C=O) groups is 1. The van der Waals surface area contributed by atoms with Gasteiger partial charge in [0.1, 0.15) is 5.92 Å². The largest absolute Gasteiger partial charge is 0.468 e. The highest BCUT2D eigenvalue weighted by Crippen LogP contribution is 2.41. The molecule has 1 aliphatic rings. The van der Waals surface area contributed by atoms with Gasteiger partial charge in [0.05, 0.1) is 24.6 Å². The molecule has 0 amide bonds. The van der Waals surface area contributed by atoms with Crippen molar-refractivity contribution in [3.63, 3.8) is 0 Å². The number of hydrazone groups is 1. The number of anilines is 1. The van der Waals surface area contributed by atoms with Gasteiger partial charge in [-0.25, -0.2) is 0 Å². The maximum Gasteiger partial charge on any atom is 0.317 e. The lowest BCUT2D eigenvalue weighted by Gasteiger charge is -2.26. The molecule has 0 fully saturated rings. The first-order valence-electron chi connectivity index (χ1n) is 8.37. The molecule has 0 radical (unpaired) electrons. The van der Waals surface area contributed by atoms with Gasteiger partial charge in [-0.05, 0) is 40.1 Å². The van der Waals surface area contributed by atoms with E-state index in [2.05, 4.69) is 5.38 Å². The molecule has 3 aromatic rings. The Balaban J connectivity index is 1.88. The second-order valence-electron chi connectivity index (χ2n) is 6.03. The molecule has 2 aromatic carbocycles. The molecule has 0 spiro atoms. The lowest BCUT2D eigenvalue weighted by molar-refractivity contribution is -0.143. The molecule has 4 rings (SSSR count). The number of thiophene rings is 1. The fourth-order valence-corrected chi connectivity index (χ4v) is 4.01. The second-order valence-corrected chi connectivity index (χ2v) is 6.81. The fourth-order valence-electron chi connectivity index (χ4n) is 3.32. The van der Waals surface area contributed by atoms with Gasteiger partial charge in [0.15, 0.2) is 0 Å². The minimum absolute atomic E-state index is 0.230. The number of rotatable bonds is 4. The number of esters is 1. The molecule has 2 atom stereocenters. The number of ether oxygens (including phenoxy) is 1. The average molecular weight is 362 g/mol. The Bertz CT molecular complexity index is 908. The highest BCUT2D eigenvalue weighted by molar-refractivity contribution is 7.08. The maximum absolute atomic E-state index is 12.8. The number of benzene rings is 2. The zero-order valence-corrected chi connectivity index (χ0v) is 15.1. The van der Waals surface area contributed by atoms with Crippen LogP contribution < -0.4 is 5.01 Å². The molecule has 0 saturated carbocycles. The zero-order valence-electron chi connectivity index (χ0n) is 14.3. The Labute approximate surface area is 156 Å². The first-order chi connectivity index (χ1) is 12.8. The minimum Gasteiger partial charge on any atom is -0.468 e. The van der Waals surface area contributed by atoms with Gasteiger partial charge in [0.25, 0.3) is 0 Å². The Morgan fingerprint density at radius 3 is 2.35 bits per heavy atom. The van der Waals surface area contributed by atoms with Crippen LogP contribution in [0.25, 0.3) is 0 Å². The van der Waals surface area contributed by atoms with Gasteiger partial charge in [0.2, 0.25) is 0 Å². The van der Waals surface area contributed by atoms with Crippen LogP contribution >= 0.6 is 11.3 Å². The molecule has 1 aromatic heterocycles. The smallest absolute Gasteiger partial charge is 0.317 e. The number of methoxy groups -OCH3 is 1. The molecule has 2 heterocycles. The van der Waals surface area contributed by atoms with Crippen molar-refractivity contribution in [2.45, 2.75) is 6.04 Å². The predicted octanol–water partition coefficient (Wildman–Crippen LogP) is 4.50. The first-order valence-corrected chi connectivity index (χ1v) is 9.32. The summed E-state index contributed by atoms with van der Waals surface area (Å²) < 4.78 is 5.16. The lowest BCUT2D eigenvalue weighted by atomic mass is 9.88. The summed E-state index contributed by atoms with van der Waals surface area (Å²) in [6, 6.07) is 21.6. The van der Waals surface area contributed by atoms with E-state index < -0.39 is 5.92 Å². The van der Waals surface area contributed by atoms with Crippen molar-refractivity contribution >= 4 is 28.7 Å². The molecule has 0 aliphatic carbocycles. The van der Waals surface area contributed by atoms with Crippen LogP contribution in [0.3, 0.4) is 0 Å². The second kappa shape index (κ2) is 7.14. The Hall–Kier alpha value is -2.92. The molecule has 2 unspecified atom stereocenters. The Morgan fingerprint density at radius 1 is 1.04 bits per heavy atom.